The fourth-order valence-corrected chi connectivity index (χ4v) is 3.33. The van der Waals surface area contributed by atoms with Gasteiger partial charge in [0.2, 0.25) is 17.6 Å². The maximum absolute atomic E-state index is 12.2. The molecule has 1 aliphatic rings. The highest BCUT2D eigenvalue weighted by molar-refractivity contribution is 6.30. The molecule has 1 aromatic heterocycles. The highest BCUT2D eigenvalue weighted by atomic mass is 35.5. The van der Waals surface area contributed by atoms with E-state index in [1.165, 1.54) is 12.8 Å². The fourth-order valence-electron chi connectivity index (χ4n) is 3.14. The third kappa shape index (κ3) is 5.69. The maximum atomic E-state index is 12.2. The van der Waals surface area contributed by atoms with Gasteiger partial charge in [0, 0.05) is 17.0 Å². The lowest BCUT2D eigenvalue weighted by atomic mass is 9.85. The largest absolute Gasteiger partial charge is 0.347 e. The van der Waals surface area contributed by atoms with Gasteiger partial charge in [0.15, 0.2) is 0 Å². The highest BCUT2D eigenvalue weighted by Gasteiger charge is 2.22. The third-order valence-electron chi connectivity index (χ3n) is 4.63. The lowest BCUT2D eigenvalue weighted by Crippen LogP contribution is -2.35. The number of halogens is 2. The van der Waals surface area contributed by atoms with Crippen molar-refractivity contribution in [1.29, 1.82) is 0 Å². The summed E-state index contributed by atoms with van der Waals surface area (Å²) in [6.45, 7) is 4.46. The van der Waals surface area contributed by atoms with Crippen molar-refractivity contribution in [2.24, 2.45) is 11.8 Å². The van der Waals surface area contributed by atoms with Crippen molar-refractivity contribution in [3.63, 3.8) is 0 Å². The molecular weight excluding hydrogens is 375 g/mol. The zero-order chi connectivity index (χ0) is 17.6. The van der Waals surface area contributed by atoms with E-state index in [1.807, 2.05) is 12.1 Å². The van der Waals surface area contributed by atoms with Crippen LogP contribution < -0.4 is 10.6 Å². The number of hydrogen-bond acceptors (Lipinski definition) is 5. The molecule has 0 radical (unpaired) electrons. The molecule has 1 saturated heterocycles. The summed E-state index contributed by atoms with van der Waals surface area (Å²) >= 11 is 5.97. The first-order valence-electron chi connectivity index (χ1n) is 8.68. The van der Waals surface area contributed by atoms with Crippen molar-refractivity contribution in [1.82, 2.24) is 20.8 Å². The van der Waals surface area contributed by atoms with Gasteiger partial charge in [0.1, 0.15) is 0 Å². The van der Waals surface area contributed by atoms with Crippen molar-refractivity contribution in [3.05, 3.63) is 35.2 Å². The Balaban J connectivity index is 0.00000243. The van der Waals surface area contributed by atoms with Gasteiger partial charge in [0.05, 0.1) is 6.54 Å². The average Bonchev–Trinajstić information content (AvgIpc) is 3.10. The van der Waals surface area contributed by atoms with Crippen LogP contribution in [0.2, 0.25) is 5.02 Å². The fraction of sp³-hybridized carbons (Fsp3) is 0.500. The van der Waals surface area contributed by atoms with Crippen LogP contribution in [0.1, 0.15) is 32.1 Å². The van der Waals surface area contributed by atoms with Crippen molar-refractivity contribution in [3.8, 4) is 11.4 Å². The highest BCUT2D eigenvalue weighted by Crippen LogP contribution is 2.22. The molecule has 26 heavy (non-hydrogen) atoms. The Kier molecular flexibility index (Phi) is 7.87. The smallest absolute Gasteiger partial charge is 0.246 e. The first-order chi connectivity index (χ1) is 12.1. The minimum atomic E-state index is 0. The first-order valence-corrected chi connectivity index (χ1v) is 9.05. The van der Waals surface area contributed by atoms with Crippen LogP contribution in [0.5, 0.6) is 0 Å². The molecule has 0 saturated carbocycles. The van der Waals surface area contributed by atoms with Crippen molar-refractivity contribution < 1.29 is 9.32 Å². The Bertz CT molecular complexity index is 717. The third-order valence-corrected chi connectivity index (χ3v) is 4.87. The van der Waals surface area contributed by atoms with Crippen LogP contribution in [0.3, 0.4) is 0 Å². The Morgan fingerprint density at radius 3 is 3.08 bits per heavy atom. The SMILES string of the molecule is CC(CC(=O)NCc1nc(-c2cccc(Cl)c2)no1)C1CCCNC1.Cl. The number of carbonyl (C=O) groups is 1. The molecular formula is C18H24Cl2N4O2. The molecule has 6 nitrogen and oxygen atoms in total. The molecule has 2 aromatic rings. The van der Waals surface area contributed by atoms with Gasteiger partial charge < -0.3 is 15.2 Å². The Morgan fingerprint density at radius 1 is 1.50 bits per heavy atom. The molecule has 8 heteroatoms. The average molecular weight is 399 g/mol. The van der Waals surface area contributed by atoms with E-state index in [9.17, 15) is 4.79 Å². The van der Waals surface area contributed by atoms with Gasteiger partial charge in [-0.15, -0.1) is 12.4 Å². The van der Waals surface area contributed by atoms with E-state index in [2.05, 4.69) is 27.7 Å². The van der Waals surface area contributed by atoms with Gasteiger partial charge >= 0.3 is 0 Å². The summed E-state index contributed by atoms with van der Waals surface area (Å²) in [5.41, 5.74) is 0.784. The second-order valence-electron chi connectivity index (χ2n) is 6.59. The second kappa shape index (κ2) is 9.90. The molecule has 2 N–H and O–H groups in total. The summed E-state index contributed by atoms with van der Waals surface area (Å²) in [7, 11) is 0. The number of nitrogens with one attached hydrogen (secondary N) is 2. The standard InChI is InChI=1S/C18H23ClN4O2.ClH/c1-12(14-5-3-7-20-10-14)8-16(24)21-11-17-22-18(23-25-17)13-4-2-6-15(19)9-13;/h2,4,6,9,12,14,20H,3,5,7-8,10-11H2,1H3,(H,21,24);1H. The number of hydrogen-bond donors (Lipinski definition) is 2. The van der Waals surface area contributed by atoms with Crippen LogP contribution in [0.15, 0.2) is 28.8 Å². The van der Waals surface area contributed by atoms with Crippen molar-refractivity contribution >= 4 is 29.9 Å². The molecule has 2 heterocycles. The Hall–Kier alpha value is -1.63. The summed E-state index contributed by atoms with van der Waals surface area (Å²) < 4.78 is 5.20. The number of nitrogens with zero attached hydrogens (tertiary/aromatic N) is 2. The quantitative estimate of drug-likeness (QED) is 0.778. The normalized spacial score (nSPS) is 18.0. The molecule has 1 aromatic carbocycles. The minimum Gasteiger partial charge on any atom is -0.347 e. The van der Waals surface area contributed by atoms with Crippen LogP contribution in [0.4, 0.5) is 0 Å². The molecule has 1 aliphatic heterocycles. The Morgan fingerprint density at radius 2 is 2.35 bits per heavy atom. The minimum absolute atomic E-state index is 0. The number of amides is 1. The van der Waals surface area contributed by atoms with Gasteiger partial charge in [-0.3, -0.25) is 4.79 Å². The van der Waals surface area contributed by atoms with Gasteiger partial charge in [-0.25, -0.2) is 0 Å². The molecule has 2 unspecified atom stereocenters. The van der Waals surface area contributed by atoms with Crippen LogP contribution in [-0.2, 0) is 11.3 Å². The summed E-state index contributed by atoms with van der Waals surface area (Å²) in [5, 5.41) is 10.8. The van der Waals surface area contributed by atoms with E-state index in [1.54, 1.807) is 12.1 Å². The molecule has 3 rings (SSSR count). The van der Waals surface area contributed by atoms with Gasteiger partial charge in [-0.05, 0) is 49.9 Å². The number of aromatic nitrogens is 2. The van der Waals surface area contributed by atoms with Gasteiger partial charge in [-0.1, -0.05) is 35.8 Å². The van der Waals surface area contributed by atoms with Crippen molar-refractivity contribution in [2.45, 2.75) is 32.7 Å². The molecule has 0 aliphatic carbocycles. The van der Waals surface area contributed by atoms with Crippen LogP contribution in [0.25, 0.3) is 11.4 Å². The first kappa shape index (κ1) is 20.7. The van der Waals surface area contributed by atoms with E-state index in [-0.39, 0.29) is 24.9 Å². The number of benzene rings is 1. The second-order valence-corrected chi connectivity index (χ2v) is 7.02. The molecule has 0 spiro atoms. The molecule has 0 bridgehead atoms. The van der Waals surface area contributed by atoms with E-state index in [0.29, 0.717) is 35.0 Å². The predicted molar refractivity (Wildman–Crippen MR) is 103 cm³/mol. The van der Waals surface area contributed by atoms with Crippen molar-refractivity contribution in [2.75, 3.05) is 13.1 Å². The number of rotatable bonds is 6. The maximum Gasteiger partial charge on any atom is 0.246 e. The van der Waals surface area contributed by atoms with Gasteiger partial charge in [0.25, 0.3) is 0 Å². The van der Waals surface area contributed by atoms with Crippen LogP contribution in [-0.4, -0.2) is 29.1 Å². The monoisotopic (exact) mass is 398 g/mol. The Labute approximate surface area is 164 Å². The molecule has 2 atom stereocenters. The lowest BCUT2D eigenvalue weighted by molar-refractivity contribution is -0.122. The lowest BCUT2D eigenvalue weighted by Gasteiger charge is -2.27. The van der Waals surface area contributed by atoms with E-state index >= 15 is 0 Å². The van der Waals surface area contributed by atoms with E-state index in [4.69, 9.17) is 16.1 Å². The van der Waals surface area contributed by atoms with Gasteiger partial charge in [-0.2, -0.15) is 4.98 Å². The molecule has 142 valence electrons. The number of piperidine rings is 1. The van der Waals surface area contributed by atoms with Crippen LogP contribution in [0, 0.1) is 11.8 Å². The van der Waals surface area contributed by atoms with E-state index < -0.39 is 0 Å². The molecule has 1 fully saturated rings. The topological polar surface area (TPSA) is 80.1 Å². The predicted octanol–water partition coefficient (Wildman–Crippen LogP) is 3.45. The van der Waals surface area contributed by atoms with E-state index in [0.717, 1.165) is 18.7 Å². The zero-order valence-corrected chi connectivity index (χ0v) is 16.3. The summed E-state index contributed by atoms with van der Waals surface area (Å²) in [5.74, 6) is 1.79. The summed E-state index contributed by atoms with van der Waals surface area (Å²) in [6.07, 6.45) is 2.89. The summed E-state index contributed by atoms with van der Waals surface area (Å²) in [6, 6.07) is 7.25. The molecule has 1 amide bonds. The summed E-state index contributed by atoms with van der Waals surface area (Å²) in [4.78, 5) is 16.5. The number of carbonyl (C=O) groups excluding carboxylic acids is 1. The van der Waals surface area contributed by atoms with Crippen LogP contribution >= 0.6 is 24.0 Å². The zero-order valence-electron chi connectivity index (χ0n) is 14.7.